The second-order valence-electron chi connectivity index (χ2n) is 5.27. The van der Waals surface area contributed by atoms with Gasteiger partial charge >= 0.3 is 0 Å². The van der Waals surface area contributed by atoms with Crippen LogP contribution in [0.1, 0.15) is 59.3 Å². The molecule has 0 heterocycles. The van der Waals surface area contributed by atoms with Crippen LogP contribution >= 0.6 is 0 Å². The second-order valence-corrected chi connectivity index (χ2v) is 5.27. The molecule has 1 rings (SSSR count). The van der Waals surface area contributed by atoms with Crippen molar-refractivity contribution in [1.82, 2.24) is 5.32 Å². The summed E-state index contributed by atoms with van der Waals surface area (Å²) in [5.41, 5.74) is 0. The predicted octanol–water partition coefficient (Wildman–Crippen LogP) is 3.59. The zero-order valence-electron chi connectivity index (χ0n) is 10.2. The molecule has 0 amide bonds. The molecule has 0 aliphatic heterocycles. The molecule has 1 unspecified atom stereocenters. The highest BCUT2D eigenvalue weighted by molar-refractivity contribution is 4.79. The Balaban J connectivity index is 1.96. The van der Waals surface area contributed by atoms with E-state index in [1.54, 1.807) is 0 Å². The number of nitrogens with one attached hydrogen (secondary N) is 1. The molecule has 0 saturated heterocycles. The third-order valence-corrected chi connectivity index (χ3v) is 3.20. The van der Waals surface area contributed by atoms with Crippen LogP contribution in [-0.2, 0) is 0 Å². The Morgan fingerprint density at radius 1 is 1.29 bits per heavy atom. The summed E-state index contributed by atoms with van der Waals surface area (Å²) in [7, 11) is 0. The average molecular weight is 197 g/mol. The monoisotopic (exact) mass is 197 g/mol. The van der Waals surface area contributed by atoms with Gasteiger partial charge in [-0.3, -0.25) is 0 Å². The SMILES string of the molecule is CCC(CC1CC1)NCCCC(C)C. The normalized spacial score (nSPS) is 18.9. The largest absolute Gasteiger partial charge is 0.314 e. The molecule has 1 nitrogen and oxygen atoms in total. The molecule has 84 valence electrons. The highest BCUT2D eigenvalue weighted by atomic mass is 14.9. The zero-order chi connectivity index (χ0) is 10.4. The van der Waals surface area contributed by atoms with E-state index in [0.29, 0.717) is 0 Å². The number of hydrogen-bond donors (Lipinski definition) is 1. The summed E-state index contributed by atoms with van der Waals surface area (Å²) in [6.07, 6.45) is 8.43. The first-order chi connectivity index (χ1) is 6.72. The van der Waals surface area contributed by atoms with Crippen LogP contribution in [0.15, 0.2) is 0 Å². The number of rotatable bonds is 8. The minimum absolute atomic E-state index is 0.801. The third-order valence-electron chi connectivity index (χ3n) is 3.20. The van der Waals surface area contributed by atoms with E-state index >= 15 is 0 Å². The van der Waals surface area contributed by atoms with E-state index in [9.17, 15) is 0 Å². The van der Waals surface area contributed by atoms with Crippen molar-refractivity contribution in [2.75, 3.05) is 6.54 Å². The van der Waals surface area contributed by atoms with E-state index in [1.165, 1.54) is 45.1 Å². The molecule has 1 aliphatic carbocycles. The van der Waals surface area contributed by atoms with E-state index in [2.05, 4.69) is 26.1 Å². The van der Waals surface area contributed by atoms with Crippen molar-refractivity contribution in [2.24, 2.45) is 11.8 Å². The van der Waals surface area contributed by atoms with Crippen molar-refractivity contribution in [1.29, 1.82) is 0 Å². The fourth-order valence-corrected chi connectivity index (χ4v) is 1.97. The molecule has 1 aliphatic rings. The highest BCUT2D eigenvalue weighted by Gasteiger charge is 2.24. The van der Waals surface area contributed by atoms with Gasteiger partial charge in [0.05, 0.1) is 0 Å². The van der Waals surface area contributed by atoms with Crippen LogP contribution in [0, 0.1) is 11.8 Å². The Morgan fingerprint density at radius 3 is 2.50 bits per heavy atom. The van der Waals surface area contributed by atoms with Crippen molar-refractivity contribution in [3.05, 3.63) is 0 Å². The predicted molar refractivity (Wildman–Crippen MR) is 63.5 cm³/mol. The average Bonchev–Trinajstić information content (AvgIpc) is 2.93. The molecule has 0 radical (unpaired) electrons. The highest BCUT2D eigenvalue weighted by Crippen LogP contribution is 2.33. The first kappa shape index (κ1) is 12.0. The van der Waals surface area contributed by atoms with Gasteiger partial charge in [-0.05, 0) is 44.1 Å². The van der Waals surface area contributed by atoms with E-state index in [0.717, 1.165) is 17.9 Å². The quantitative estimate of drug-likeness (QED) is 0.586. The lowest BCUT2D eigenvalue weighted by Crippen LogP contribution is -2.29. The Morgan fingerprint density at radius 2 is 2.00 bits per heavy atom. The van der Waals surface area contributed by atoms with Gasteiger partial charge in [0, 0.05) is 6.04 Å². The number of hydrogen-bond acceptors (Lipinski definition) is 1. The molecular formula is C13H27N. The first-order valence-corrected chi connectivity index (χ1v) is 6.45. The van der Waals surface area contributed by atoms with Crippen molar-refractivity contribution >= 4 is 0 Å². The van der Waals surface area contributed by atoms with Crippen molar-refractivity contribution < 1.29 is 0 Å². The molecule has 0 aromatic heterocycles. The lowest BCUT2D eigenvalue weighted by molar-refractivity contribution is 0.427. The Bertz CT molecular complexity index is 138. The Hall–Kier alpha value is -0.0400. The van der Waals surface area contributed by atoms with Gasteiger partial charge < -0.3 is 5.32 Å². The fraction of sp³-hybridized carbons (Fsp3) is 1.00. The maximum Gasteiger partial charge on any atom is 0.00670 e. The van der Waals surface area contributed by atoms with Gasteiger partial charge in [0.25, 0.3) is 0 Å². The van der Waals surface area contributed by atoms with Gasteiger partial charge in [-0.15, -0.1) is 0 Å². The topological polar surface area (TPSA) is 12.0 Å². The molecule has 1 N–H and O–H groups in total. The van der Waals surface area contributed by atoms with Crippen LogP contribution in [0.2, 0.25) is 0 Å². The smallest absolute Gasteiger partial charge is 0.00670 e. The molecule has 1 heteroatoms. The molecule has 0 bridgehead atoms. The van der Waals surface area contributed by atoms with Crippen LogP contribution in [0.5, 0.6) is 0 Å². The van der Waals surface area contributed by atoms with Gasteiger partial charge in [-0.1, -0.05) is 33.6 Å². The van der Waals surface area contributed by atoms with Crippen LogP contribution in [0.25, 0.3) is 0 Å². The van der Waals surface area contributed by atoms with Gasteiger partial charge in [-0.2, -0.15) is 0 Å². The lowest BCUT2D eigenvalue weighted by Gasteiger charge is -2.16. The molecule has 0 spiro atoms. The van der Waals surface area contributed by atoms with E-state index < -0.39 is 0 Å². The molecule has 14 heavy (non-hydrogen) atoms. The molecule has 0 aromatic carbocycles. The van der Waals surface area contributed by atoms with Crippen LogP contribution in [-0.4, -0.2) is 12.6 Å². The third kappa shape index (κ3) is 5.64. The summed E-state index contributed by atoms with van der Waals surface area (Å²) in [4.78, 5) is 0. The first-order valence-electron chi connectivity index (χ1n) is 6.45. The minimum atomic E-state index is 0.801. The molecular weight excluding hydrogens is 170 g/mol. The van der Waals surface area contributed by atoms with Crippen molar-refractivity contribution in [2.45, 2.75) is 65.3 Å². The second kappa shape index (κ2) is 6.44. The van der Waals surface area contributed by atoms with Gasteiger partial charge in [0.1, 0.15) is 0 Å². The fourth-order valence-electron chi connectivity index (χ4n) is 1.97. The maximum absolute atomic E-state index is 3.70. The van der Waals surface area contributed by atoms with Crippen LogP contribution < -0.4 is 5.32 Å². The van der Waals surface area contributed by atoms with E-state index in [1.807, 2.05) is 0 Å². The van der Waals surface area contributed by atoms with E-state index in [-0.39, 0.29) is 0 Å². The summed E-state index contributed by atoms with van der Waals surface area (Å²) in [6.45, 7) is 8.15. The summed E-state index contributed by atoms with van der Waals surface area (Å²) in [5.74, 6) is 1.93. The van der Waals surface area contributed by atoms with E-state index in [4.69, 9.17) is 0 Å². The van der Waals surface area contributed by atoms with Crippen molar-refractivity contribution in [3.8, 4) is 0 Å². The summed E-state index contributed by atoms with van der Waals surface area (Å²) >= 11 is 0. The lowest BCUT2D eigenvalue weighted by atomic mass is 10.1. The maximum atomic E-state index is 3.70. The standard InChI is InChI=1S/C13H27N/c1-4-13(10-12-7-8-12)14-9-5-6-11(2)3/h11-14H,4-10H2,1-3H3. The summed E-state index contributed by atoms with van der Waals surface area (Å²) < 4.78 is 0. The van der Waals surface area contributed by atoms with Crippen LogP contribution in [0.4, 0.5) is 0 Å². The van der Waals surface area contributed by atoms with Gasteiger partial charge in [0.15, 0.2) is 0 Å². The van der Waals surface area contributed by atoms with Crippen LogP contribution in [0.3, 0.4) is 0 Å². The molecule has 1 atom stereocenters. The van der Waals surface area contributed by atoms with Crippen molar-refractivity contribution in [3.63, 3.8) is 0 Å². The summed E-state index contributed by atoms with van der Waals surface area (Å²) in [5, 5.41) is 3.70. The molecule has 1 fully saturated rings. The Labute approximate surface area is 89.7 Å². The van der Waals surface area contributed by atoms with Gasteiger partial charge in [-0.25, -0.2) is 0 Å². The summed E-state index contributed by atoms with van der Waals surface area (Å²) in [6, 6.07) is 0.801. The minimum Gasteiger partial charge on any atom is -0.314 e. The molecule has 0 aromatic rings. The van der Waals surface area contributed by atoms with Gasteiger partial charge in [0.2, 0.25) is 0 Å². The zero-order valence-corrected chi connectivity index (χ0v) is 10.2. The molecule has 1 saturated carbocycles. The Kier molecular flexibility index (Phi) is 5.54.